The van der Waals surface area contributed by atoms with E-state index in [1.807, 2.05) is 6.20 Å². The molecule has 0 saturated carbocycles. The van der Waals surface area contributed by atoms with E-state index in [9.17, 15) is 0 Å². The Labute approximate surface area is 89.7 Å². The first-order chi connectivity index (χ1) is 7.27. The highest BCUT2D eigenvalue weighted by Gasteiger charge is 2.16. The number of quaternary nitrogens is 1. The SMILES string of the molecule is CC(N)=N/C=C1\[NH2+]CCc2ccccc21. The van der Waals surface area contributed by atoms with Crippen molar-refractivity contribution in [3.63, 3.8) is 0 Å². The van der Waals surface area contributed by atoms with Gasteiger partial charge in [-0.3, -0.25) is 0 Å². The molecule has 1 aromatic rings. The van der Waals surface area contributed by atoms with Crippen molar-refractivity contribution >= 4 is 11.5 Å². The number of amidine groups is 1. The van der Waals surface area contributed by atoms with Gasteiger partial charge in [0.25, 0.3) is 0 Å². The second-order valence-electron chi connectivity index (χ2n) is 3.75. The van der Waals surface area contributed by atoms with Crippen LogP contribution in [0.15, 0.2) is 35.5 Å². The molecule has 0 saturated heterocycles. The van der Waals surface area contributed by atoms with Crippen molar-refractivity contribution in [3.05, 3.63) is 41.6 Å². The molecule has 0 aromatic heterocycles. The minimum atomic E-state index is 0.596. The van der Waals surface area contributed by atoms with E-state index < -0.39 is 0 Å². The number of fused-ring (bicyclic) bond motifs is 1. The van der Waals surface area contributed by atoms with Gasteiger partial charge >= 0.3 is 0 Å². The Balaban J connectivity index is 2.38. The summed E-state index contributed by atoms with van der Waals surface area (Å²) in [5.74, 6) is 0.596. The highest BCUT2D eigenvalue weighted by atomic mass is 14.9. The molecule has 0 atom stereocenters. The molecule has 15 heavy (non-hydrogen) atoms. The summed E-state index contributed by atoms with van der Waals surface area (Å²) in [6.07, 6.45) is 2.98. The Kier molecular flexibility index (Phi) is 2.83. The highest BCUT2D eigenvalue weighted by Crippen LogP contribution is 2.17. The molecule has 0 spiro atoms. The van der Waals surface area contributed by atoms with Gasteiger partial charge in [-0.25, -0.2) is 4.99 Å². The van der Waals surface area contributed by atoms with Crippen LogP contribution in [-0.2, 0) is 6.42 Å². The van der Waals surface area contributed by atoms with Crippen molar-refractivity contribution in [3.8, 4) is 0 Å². The molecule has 1 heterocycles. The Bertz CT molecular complexity index is 415. The van der Waals surface area contributed by atoms with E-state index >= 15 is 0 Å². The molecule has 1 aromatic carbocycles. The molecule has 0 fully saturated rings. The second-order valence-corrected chi connectivity index (χ2v) is 3.75. The number of nitrogens with zero attached hydrogens (tertiary/aromatic N) is 1. The van der Waals surface area contributed by atoms with E-state index in [-0.39, 0.29) is 0 Å². The average Bonchev–Trinajstić information content (AvgIpc) is 2.26. The number of nitrogens with two attached hydrogens (primary N) is 2. The standard InChI is InChI=1S/C12H15N3/c1-9(13)15-8-12-11-5-3-2-4-10(11)6-7-14-12/h2-5,8,14H,6-7H2,1H3,(H2,13,15)/p+1/b12-8-. The average molecular weight is 202 g/mol. The van der Waals surface area contributed by atoms with Gasteiger partial charge in [-0.05, 0) is 18.6 Å². The Morgan fingerprint density at radius 3 is 3.07 bits per heavy atom. The Morgan fingerprint density at radius 1 is 1.47 bits per heavy atom. The van der Waals surface area contributed by atoms with Crippen LogP contribution in [-0.4, -0.2) is 12.4 Å². The molecule has 0 unspecified atom stereocenters. The van der Waals surface area contributed by atoms with Crippen LogP contribution in [0.5, 0.6) is 0 Å². The maximum Gasteiger partial charge on any atom is 0.155 e. The zero-order valence-corrected chi connectivity index (χ0v) is 8.90. The van der Waals surface area contributed by atoms with Crippen molar-refractivity contribution in [1.82, 2.24) is 0 Å². The molecule has 0 radical (unpaired) electrons. The Morgan fingerprint density at radius 2 is 2.27 bits per heavy atom. The van der Waals surface area contributed by atoms with Gasteiger partial charge in [-0.2, -0.15) is 0 Å². The van der Waals surface area contributed by atoms with Crippen LogP contribution >= 0.6 is 0 Å². The lowest BCUT2D eigenvalue weighted by molar-refractivity contribution is -0.565. The number of aliphatic imine (C=N–C) groups is 1. The van der Waals surface area contributed by atoms with Gasteiger partial charge in [0.15, 0.2) is 5.70 Å². The summed E-state index contributed by atoms with van der Waals surface area (Å²) in [5.41, 5.74) is 9.39. The molecule has 1 aliphatic heterocycles. The zero-order chi connectivity index (χ0) is 10.7. The van der Waals surface area contributed by atoms with Crippen molar-refractivity contribution in [2.45, 2.75) is 13.3 Å². The van der Waals surface area contributed by atoms with E-state index in [1.54, 1.807) is 6.92 Å². The Hall–Kier alpha value is -1.61. The van der Waals surface area contributed by atoms with Crippen molar-refractivity contribution < 1.29 is 5.32 Å². The summed E-state index contributed by atoms with van der Waals surface area (Å²) < 4.78 is 0. The summed E-state index contributed by atoms with van der Waals surface area (Å²) in [7, 11) is 0. The van der Waals surface area contributed by atoms with Gasteiger partial charge in [-0.1, -0.05) is 18.2 Å². The van der Waals surface area contributed by atoms with Crippen LogP contribution in [0, 0.1) is 0 Å². The molecule has 3 nitrogen and oxygen atoms in total. The van der Waals surface area contributed by atoms with Gasteiger partial charge in [0, 0.05) is 12.0 Å². The fourth-order valence-electron chi connectivity index (χ4n) is 1.81. The summed E-state index contributed by atoms with van der Waals surface area (Å²) in [6.45, 7) is 2.88. The van der Waals surface area contributed by atoms with Gasteiger partial charge < -0.3 is 11.1 Å². The van der Waals surface area contributed by atoms with Gasteiger partial charge in [0.1, 0.15) is 0 Å². The largest absolute Gasteiger partial charge is 0.387 e. The summed E-state index contributed by atoms with van der Waals surface area (Å²) in [6, 6.07) is 8.46. The fraction of sp³-hybridized carbons (Fsp3) is 0.250. The van der Waals surface area contributed by atoms with Crippen LogP contribution in [0.4, 0.5) is 0 Å². The van der Waals surface area contributed by atoms with Crippen LogP contribution < -0.4 is 11.1 Å². The zero-order valence-electron chi connectivity index (χ0n) is 8.90. The van der Waals surface area contributed by atoms with Crippen LogP contribution in [0.2, 0.25) is 0 Å². The van der Waals surface area contributed by atoms with Gasteiger partial charge in [0.05, 0.1) is 18.6 Å². The number of hydrogen-bond donors (Lipinski definition) is 2. The number of hydrogen-bond acceptors (Lipinski definition) is 1. The first-order valence-electron chi connectivity index (χ1n) is 5.19. The molecule has 78 valence electrons. The third-order valence-corrected chi connectivity index (χ3v) is 2.51. The fourth-order valence-corrected chi connectivity index (χ4v) is 1.81. The monoisotopic (exact) mass is 202 g/mol. The summed E-state index contributed by atoms with van der Waals surface area (Å²) >= 11 is 0. The minimum Gasteiger partial charge on any atom is -0.387 e. The molecule has 2 rings (SSSR count). The van der Waals surface area contributed by atoms with Crippen molar-refractivity contribution in [1.29, 1.82) is 0 Å². The summed E-state index contributed by atoms with van der Waals surface area (Å²) in [5, 5.41) is 2.22. The van der Waals surface area contributed by atoms with Gasteiger partial charge in [0.2, 0.25) is 0 Å². The van der Waals surface area contributed by atoms with E-state index in [0.717, 1.165) is 13.0 Å². The quantitative estimate of drug-likeness (QED) is 0.505. The lowest BCUT2D eigenvalue weighted by Crippen LogP contribution is -2.83. The second kappa shape index (κ2) is 4.28. The number of benzene rings is 1. The maximum absolute atomic E-state index is 5.52. The first kappa shape index (κ1) is 9.93. The highest BCUT2D eigenvalue weighted by molar-refractivity contribution is 5.79. The lowest BCUT2D eigenvalue weighted by atomic mass is 9.99. The van der Waals surface area contributed by atoms with Gasteiger partial charge in [-0.15, -0.1) is 0 Å². The minimum absolute atomic E-state index is 0.596. The van der Waals surface area contributed by atoms with E-state index in [2.05, 4.69) is 34.6 Å². The number of rotatable bonds is 1. The molecular formula is C12H16N3+. The maximum atomic E-state index is 5.52. The van der Waals surface area contributed by atoms with Crippen molar-refractivity contribution in [2.24, 2.45) is 10.7 Å². The van der Waals surface area contributed by atoms with Crippen molar-refractivity contribution in [2.75, 3.05) is 6.54 Å². The third kappa shape index (κ3) is 2.25. The molecule has 0 bridgehead atoms. The first-order valence-corrected chi connectivity index (χ1v) is 5.19. The lowest BCUT2D eigenvalue weighted by Gasteiger charge is -2.15. The molecule has 4 N–H and O–H groups in total. The third-order valence-electron chi connectivity index (χ3n) is 2.51. The molecule has 0 amide bonds. The van der Waals surface area contributed by atoms with E-state index in [1.165, 1.54) is 16.8 Å². The normalized spacial score (nSPS) is 19.0. The van der Waals surface area contributed by atoms with E-state index in [4.69, 9.17) is 5.73 Å². The summed E-state index contributed by atoms with van der Waals surface area (Å²) in [4.78, 5) is 4.15. The smallest absolute Gasteiger partial charge is 0.155 e. The van der Waals surface area contributed by atoms with Crippen LogP contribution in [0.1, 0.15) is 18.1 Å². The van der Waals surface area contributed by atoms with Crippen LogP contribution in [0.3, 0.4) is 0 Å². The molecule has 0 aliphatic carbocycles. The topological polar surface area (TPSA) is 55.0 Å². The predicted octanol–water partition coefficient (Wildman–Crippen LogP) is 0.482. The molecule has 3 heteroatoms. The van der Waals surface area contributed by atoms with E-state index in [0.29, 0.717) is 5.84 Å². The molecular weight excluding hydrogens is 186 g/mol. The predicted molar refractivity (Wildman–Crippen MR) is 62.2 cm³/mol. The molecule has 1 aliphatic rings. The van der Waals surface area contributed by atoms with Crippen LogP contribution in [0.25, 0.3) is 5.70 Å².